The highest BCUT2D eigenvalue weighted by molar-refractivity contribution is 9.10. The highest BCUT2D eigenvalue weighted by Crippen LogP contribution is 2.32. The van der Waals surface area contributed by atoms with Crippen molar-refractivity contribution < 1.29 is 13.2 Å². The number of sulfonamides is 1. The molecule has 0 spiro atoms. The van der Waals surface area contributed by atoms with Crippen molar-refractivity contribution in [2.24, 2.45) is 0 Å². The van der Waals surface area contributed by atoms with E-state index >= 15 is 0 Å². The number of ether oxygens (including phenoxy) is 1. The second-order valence-corrected chi connectivity index (χ2v) is 9.53. The average Bonchev–Trinajstić information content (AvgIpc) is 2.68. The molecule has 1 saturated heterocycles. The minimum Gasteiger partial charge on any atom is -0.495 e. The summed E-state index contributed by atoms with van der Waals surface area (Å²) in [6.45, 7) is 2.21. The van der Waals surface area contributed by atoms with Crippen LogP contribution in [0.15, 0.2) is 56.7 Å². The maximum absolute atomic E-state index is 13.1. The maximum Gasteiger partial charge on any atom is 0.246 e. The van der Waals surface area contributed by atoms with Crippen LogP contribution in [0.1, 0.15) is 0 Å². The van der Waals surface area contributed by atoms with Crippen LogP contribution < -0.4 is 9.64 Å². The second kappa shape index (κ2) is 8.21. The first-order chi connectivity index (χ1) is 12.5. The van der Waals surface area contributed by atoms with Crippen LogP contribution in [0, 0.1) is 0 Å². The van der Waals surface area contributed by atoms with Gasteiger partial charge in [-0.2, -0.15) is 4.31 Å². The van der Waals surface area contributed by atoms with Gasteiger partial charge in [0.05, 0.1) is 12.8 Å². The zero-order valence-corrected chi connectivity index (χ0v) is 17.9. The molecule has 0 amide bonds. The summed E-state index contributed by atoms with van der Waals surface area (Å²) in [7, 11) is -2.12. The summed E-state index contributed by atoms with van der Waals surface area (Å²) in [5.41, 5.74) is 1.16. The van der Waals surface area contributed by atoms with Crippen LogP contribution in [-0.2, 0) is 10.0 Å². The lowest BCUT2D eigenvalue weighted by Crippen LogP contribution is -2.48. The number of para-hydroxylation sites is 1. The Bertz CT molecular complexity index is 882. The smallest absolute Gasteiger partial charge is 0.246 e. The van der Waals surface area contributed by atoms with Gasteiger partial charge in [-0.3, -0.25) is 0 Å². The van der Waals surface area contributed by atoms with Crippen molar-refractivity contribution in [2.45, 2.75) is 9.79 Å². The average molecular weight is 457 g/mol. The Labute approximate surface area is 167 Å². The number of hydrogen-bond donors (Lipinski definition) is 0. The van der Waals surface area contributed by atoms with Crippen LogP contribution in [0.5, 0.6) is 5.75 Å². The predicted octanol–water partition coefficient (Wildman–Crippen LogP) is 3.69. The molecule has 140 valence electrons. The van der Waals surface area contributed by atoms with E-state index in [1.165, 1.54) is 16.3 Å². The fraction of sp³-hybridized carbons (Fsp3) is 0.333. The molecule has 2 aromatic rings. The van der Waals surface area contributed by atoms with E-state index in [0.29, 0.717) is 36.4 Å². The van der Waals surface area contributed by atoms with Gasteiger partial charge >= 0.3 is 0 Å². The number of benzene rings is 2. The molecule has 0 atom stereocenters. The third kappa shape index (κ3) is 3.88. The number of halogens is 1. The first-order valence-corrected chi connectivity index (χ1v) is 11.6. The van der Waals surface area contributed by atoms with Crippen LogP contribution in [-0.4, -0.2) is 52.3 Å². The van der Waals surface area contributed by atoms with E-state index in [4.69, 9.17) is 4.74 Å². The van der Waals surface area contributed by atoms with Gasteiger partial charge in [-0.1, -0.05) is 28.1 Å². The Morgan fingerprint density at radius 1 is 1.08 bits per heavy atom. The highest BCUT2D eigenvalue weighted by atomic mass is 79.9. The highest BCUT2D eigenvalue weighted by Gasteiger charge is 2.31. The van der Waals surface area contributed by atoms with E-state index in [1.54, 1.807) is 30.0 Å². The molecule has 3 rings (SSSR count). The molecular weight excluding hydrogens is 436 g/mol. The van der Waals surface area contributed by atoms with E-state index in [1.807, 2.05) is 12.1 Å². The number of piperazine rings is 1. The Balaban J connectivity index is 1.80. The molecule has 8 heteroatoms. The molecule has 1 aliphatic heterocycles. The first kappa shape index (κ1) is 19.5. The summed E-state index contributed by atoms with van der Waals surface area (Å²) in [6.07, 6.45) is 2.05. The van der Waals surface area contributed by atoms with E-state index < -0.39 is 10.0 Å². The molecule has 26 heavy (non-hydrogen) atoms. The number of hydrogen-bond acceptors (Lipinski definition) is 5. The normalized spacial score (nSPS) is 15.9. The molecule has 0 N–H and O–H groups in total. The summed E-state index contributed by atoms with van der Waals surface area (Å²) in [5, 5.41) is 0. The molecule has 0 saturated carbocycles. The third-order valence-electron chi connectivity index (χ3n) is 4.41. The summed E-state index contributed by atoms with van der Waals surface area (Å²) < 4.78 is 33.7. The summed E-state index contributed by atoms with van der Waals surface area (Å²) >= 11 is 5.05. The van der Waals surface area contributed by atoms with Gasteiger partial charge in [0.25, 0.3) is 0 Å². The molecule has 0 aromatic heterocycles. The summed E-state index contributed by atoms with van der Waals surface area (Å²) in [4.78, 5) is 3.65. The maximum atomic E-state index is 13.1. The van der Waals surface area contributed by atoms with Crippen molar-refractivity contribution in [3.05, 3.63) is 46.9 Å². The Morgan fingerprint density at radius 3 is 2.42 bits per heavy atom. The standard InChI is InChI=1S/C18H21BrN2O3S2/c1-24-16-8-7-14(19)13-18(16)26(22,23)21-11-9-20(10-12-21)15-5-3-4-6-17(15)25-2/h3-8,13H,9-12H2,1-2H3. The van der Waals surface area contributed by atoms with Gasteiger partial charge in [-0.05, 0) is 36.6 Å². The third-order valence-corrected chi connectivity index (χ3v) is 7.61. The molecule has 0 aliphatic carbocycles. The molecule has 0 radical (unpaired) electrons. The number of rotatable bonds is 5. The molecule has 2 aromatic carbocycles. The number of thioether (sulfide) groups is 1. The van der Waals surface area contributed by atoms with Crippen molar-refractivity contribution in [3.63, 3.8) is 0 Å². The molecule has 1 fully saturated rings. The topological polar surface area (TPSA) is 49.9 Å². The molecular formula is C18H21BrN2O3S2. The number of anilines is 1. The Hall–Kier alpha value is -1.22. The van der Waals surface area contributed by atoms with Crippen molar-refractivity contribution in [1.82, 2.24) is 4.31 Å². The van der Waals surface area contributed by atoms with Crippen LogP contribution in [0.3, 0.4) is 0 Å². The van der Waals surface area contributed by atoms with Gasteiger partial charge in [0, 0.05) is 35.5 Å². The molecule has 0 bridgehead atoms. The Morgan fingerprint density at radius 2 is 1.77 bits per heavy atom. The lowest BCUT2D eigenvalue weighted by molar-refractivity contribution is 0.374. The summed E-state index contributed by atoms with van der Waals surface area (Å²) in [6, 6.07) is 13.3. The van der Waals surface area contributed by atoms with Crippen LogP contribution in [0.2, 0.25) is 0 Å². The molecule has 0 unspecified atom stereocenters. The van der Waals surface area contributed by atoms with Gasteiger partial charge in [-0.15, -0.1) is 11.8 Å². The number of methoxy groups -OCH3 is 1. The van der Waals surface area contributed by atoms with Crippen LogP contribution in [0.4, 0.5) is 5.69 Å². The minimum atomic E-state index is -3.60. The van der Waals surface area contributed by atoms with Gasteiger partial charge in [0.1, 0.15) is 10.6 Å². The van der Waals surface area contributed by atoms with Crippen LogP contribution in [0.25, 0.3) is 0 Å². The quantitative estimate of drug-likeness (QED) is 0.642. The fourth-order valence-electron chi connectivity index (χ4n) is 3.05. The molecule has 1 aliphatic rings. The lowest BCUT2D eigenvalue weighted by Gasteiger charge is -2.36. The van der Waals surface area contributed by atoms with E-state index in [-0.39, 0.29) is 4.90 Å². The molecule has 1 heterocycles. The van der Waals surface area contributed by atoms with E-state index in [2.05, 4.69) is 39.2 Å². The zero-order chi connectivity index (χ0) is 18.7. The van der Waals surface area contributed by atoms with Crippen molar-refractivity contribution in [3.8, 4) is 5.75 Å². The van der Waals surface area contributed by atoms with Gasteiger partial charge in [0.15, 0.2) is 0 Å². The number of nitrogens with zero attached hydrogens (tertiary/aromatic N) is 2. The predicted molar refractivity (Wildman–Crippen MR) is 110 cm³/mol. The van der Waals surface area contributed by atoms with Gasteiger partial charge in [-0.25, -0.2) is 8.42 Å². The largest absolute Gasteiger partial charge is 0.495 e. The van der Waals surface area contributed by atoms with Crippen molar-refractivity contribution >= 4 is 43.4 Å². The zero-order valence-electron chi connectivity index (χ0n) is 14.7. The van der Waals surface area contributed by atoms with E-state index in [9.17, 15) is 8.42 Å². The van der Waals surface area contributed by atoms with Crippen molar-refractivity contribution in [2.75, 3.05) is 44.4 Å². The monoisotopic (exact) mass is 456 g/mol. The second-order valence-electron chi connectivity index (χ2n) is 5.86. The van der Waals surface area contributed by atoms with Gasteiger partial charge in [0.2, 0.25) is 10.0 Å². The van der Waals surface area contributed by atoms with Gasteiger partial charge < -0.3 is 9.64 Å². The van der Waals surface area contributed by atoms with Crippen molar-refractivity contribution in [1.29, 1.82) is 0 Å². The van der Waals surface area contributed by atoms with Crippen LogP contribution >= 0.6 is 27.7 Å². The first-order valence-electron chi connectivity index (χ1n) is 8.19. The molecule has 5 nitrogen and oxygen atoms in total. The summed E-state index contributed by atoms with van der Waals surface area (Å²) in [5.74, 6) is 0.364. The minimum absolute atomic E-state index is 0.201. The lowest BCUT2D eigenvalue weighted by atomic mass is 10.2. The SMILES string of the molecule is COc1ccc(Br)cc1S(=O)(=O)N1CCN(c2ccccc2SC)CC1. The fourth-order valence-corrected chi connectivity index (χ4v) is 5.79. The van der Waals surface area contributed by atoms with E-state index in [0.717, 1.165) is 5.69 Å². The Kier molecular flexibility index (Phi) is 6.17.